The third-order valence-corrected chi connectivity index (χ3v) is 1.69. The summed E-state index contributed by atoms with van der Waals surface area (Å²) in [6, 6.07) is 4.85. The standard InChI is InChI=1S/C9H12FN/c1-6(2)7-3-4-8(10)9(11)5-7/h3-6H,11H2,1-2H3. The van der Waals surface area contributed by atoms with Gasteiger partial charge in [0.1, 0.15) is 5.82 Å². The Kier molecular flexibility index (Phi) is 2.13. The van der Waals surface area contributed by atoms with Gasteiger partial charge in [0.05, 0.1) is 5.69 Å². The number of halogens is 1. The van der Waals surface area contributed by atoms with E-state index in [1.807, 2.05) is 13.8 Å². The van der Waals surface area contributed by atoms with Crippen LogP contribution < -0.4 is 5.73 Å². The summed E-state index contributed by atoms with van der Waals surface area (Å²) in [6.07, 6.45) is 0. The topological polar surface area (TPSA) is 26.0 Å². The number of benzene rings is 1. The van der Waals surface area contributed by atoms with Crippen molar-refractivity contribution >= 4 is 5.69 Å². The van der Waals surface area contributed by atoms with E-state index in [9.17, 15) is 4.39 Å². The lowest BCUT2D eigenvalue weighted by Crippen LogP contribution is -1.94. The van der Waals surface area contributed by atoms with Crippen molar-refractivity contribution in [1.29, 1.82) is 0 Å². The Labute approximate surface area is 66.0 Å². The number of rotatable bonds is 1. The van der Waals surface area contributed by atoms with Crippen molar-refractivity contribution in [1.82, 2.24) is 0 Å². The normalized spacial score (nSPS) is 10.5. The SMILES string of the molecule is CC(C)c1ccc(F)c(N)c1. The van der Waals surface area contributed by atoms with Gasteiger partial charge in [-0.3, -0.25) is 0 Å². The monoisotopic (exact) mass is 153 g/mol. The fourth-order valence-corrected chi connectivity index (χ4v) is 0.921. The average Bonchev–Trinajstić information content (AvgIpc) is 1.94. The van der Waals surface area contributed by atoms with Crippen LogP contribution in [0.4, 0.5) is 10.1 Å². The summed E-state index contributed by atoms with van der Waals surface area (Å²) in [4.78, 5) is 0. The lowest BCUT2D eigenvalue weighted by molar-refractivity contribution is 0.631. The molecule has 2 heteroatoms. The molecule has 0 radical (unpaired) electrons. The van der Waals surface area contributed by atoms with E-state index in [1.165, 1.54) is 6.07 Å². The van der Waals surface area contributed by atoms with Crippen molar-refractivity contribution in [2.45, 2.75) is 19.8 Å². The minimum atomic E-state index is -0.339. The molecule has 0 spiro atoms. The predicted molar refractivity (Wildman–Crippen MR) is 44.9 cm³/mol. The molecule has 0 amide bonds. The van der Waals surface area contributed by atoms with E-state index in [4.69, 9.17) is 5.73 Å². The fraction of sp³-hybridized carbons (Fsp3) is 0.333. The van der Waals surface area contributed by atoms with Crippen LogP contribution in [-0.4, -0.2) is 0 Å². The Morgan fingerprint density at radius 3 is 2.45 bits per heavy atom. The first kappa shape index (κ1) is 8.05. The molecule has 1 aromatic carbocycles. The van der Waals surface area contributed by atoms with Crippen molar-refractivity contribution < 1.29 is 4.39 Å². The van der Waals surface area contributed by atoms with Crippen molar-refractivity contribution in [2.24, 2.45) is 0 Å². The minimum Gasteiger partial charge on any atom is -0.396 e. The molecule has 2 N–H and O–H groups in total. The summed E-state index contributed by atoms with van der Waals surface area (Å²) in [6.45, 7) is 4.10. The van der Waals surface area contributed by atoms with Gasteiger partial charge in [-0.25, -0.2) is 4.39 Å². The summed E-state index contributed by atoms with van der Waals surface area (Å²) >= 11 is 0. The first-order valence-electron chi connectivity index (χ1n) is 3.66. The summed E-state index contributed by atoms with van der Waals surface area (Å²) in [5.74, 6) is 0.0623. The quantitative estimate of drug-likeness (QED) is 0.616. The Morgan fingerprint density at radius 2 is 2.00 bits per heavy atom. The maximum atomic E-state index is 12.6. The Morgan fingerprint density at radius 1 is 1.36 bits per heavy atom. The van der Waals surface area contributed by atoms with E-state index in [1.54, 1.807) is 12.1 Å². The third-order valence-electron chi connectivity index (χ3n) is 1.69. The second-order valence-corrected chi connectivity index (χ2v) is 2.94. The van der Waals surface area contributed by atoms with E-state index >= 15 is 0 Å². The molecule has 0 bridgehead atoms. The summed E-state index contributed by atoms with van der Waals surface area (Å²) in [5.41, 5.74) is 6.69. The van der Waals surface area contributed by atoms with E-state index < -0.39 is 0 Å². The van der Waals surface area contributed by atoms with Gasteiger partial charge in [-0.2, -0.15) is 0 Å². The van der Waals surface area contributed by atoms with Gasteiger partial charge in [0, 0.05) is 0 Å². The molecule has 1 aromatic rings. The van der Waals surface area contributed by atoms with Crippen molar-refractivity contribution in [3.8, 4) is 0 Å². The highest BCUT2D eigenvalue weighted by Gasteiger charge is 2.01. The molecule has 0 aliphatic rings. The molecule has 0 aliphatic carbocycles. The first-order valence-corrected chi connectivity index (χ1v) is 3.66. The zero-order valence-corrected chi connectivity index (χ0v) is 6.76. The molecule has 0 aliphatic heterocycles. The number of hydrogen-bond donors (Lipinski definition) is 1. The lowest BCUT2D eigenvalue weighted by atomic mass is 10.0. The average molecular weight is 153 g/mol. The molecule has 0 heterocycles. The lowest BCUT2D eigenvalue weighted by Gasteiger charge is -2.05. The van der Waals surface area contributed by atoms with Crippen LogP contribution in [0.1, 0.15) is 25.3 Å². The van der Waals surface area contributed by atoms with Crippen LogP contribution in [0.3, 0.4) is 0 Å². The maximum Gasteiger partial charge on any atom is 0.146 e. The third kappa shape index (κ3) is 1.70. The van der Waals surface area contributed by atoms with Gasteiger partial charge in [0.2, 0.25) is 0 Å². The van der Waals surface area contributed by atoms with Gasteiger partial charge in [-0.15, -0.1) is 0 Å². The van der Waals surface area contributed by atoms with Crippen molar-refractivity contribution in [3.63, 3.8) is 0 Å². The van der Waals surface area contributed by atoms with E-state index in [-0.39, 0.29) is 11.5 Å². The fourth-order valence-electron chi connectivity index (χ4n) is 0.921. The summed E-state index contributed by atoms with van der Waals surface area (Å²) in [7, 11) is 0. The molecule has 0 fully saturated rings. The Balaban J connectivity index is 3.05. The number of hydrogen-bond acceptors (Lipinski definition) is 1. The van der Waals surface area contributed by atoms with Gasteiger partial charge in [-0.05, 0) is 23.6 Å². The second kappa shape index (κ2) is 2.91. The smallest absolute Gasteiger partial charge is 0.146 e. The highest BCUT2D eigenvalue weighted by Crippen LogP contribution is 2.18. The van der Waals surface area contributed by atoms with E-state index in [2.05, 4.69) is 0 Å². The molecule has 60 valence electrons. The van der Waals surface area contributed by atoms with Crippen molar-refractivity contribution in [2.75, 3.05) is 5.73 Å². The van der Waals surface area contributed by atoms with Gasteiger partial charge in [0.25, 0.3) is 0 Å². The van der Waals surface area contributed by atoms with Crippen LogP contribution in [0.5, 0.6) is 0 Å². The maximum absolute atomic E-state index is 12.6. The molecule has 1 nitrogen and oxygen atoms in total. The Bertz CT molecular complexity index is 256. The molecule has 11 heavy (non-hydrogen) atoms. The molecule has 0 saturated carbocycles. The van der Waals surface area contributed by atoms with Crippen LogP contribution in [-0.2, 0) is 0 Å². The van der Waals surface area contributed by atoms with E-state index in [0.29, 0.717) is 5.92 Å². The second-order valence-electron chi connectivity index (χ2n) is 2.94. The molecular weight excluding hydrogens is 141 g/mol. The van der Waals surface area contributed by atoms with Gasteiger partial charge in [0.15, 0.2) is 0 Å². The predicted octanol–water partition coefficient (Wildman–Crippen LogP) is 2.53. The molecule has 0 unspecified atom stereocenters. The molecule has 0 atom stereocenters. The van der Waals surface area contributed by atoms with Crippen LogP contribution >= 0.6 is 0 Å². The van der Waals surface area contributed by atoms with Gasteiger partial charge in [-0.1, -0.05) is 19.9 Å². The van der Waals surface area contributed by atoms with Gasteiger partial charge >= 0.3 is 0 Å². The molecule has 0 saturated heterocycles. The first-order chi connectivity index (χ1) is 5.11. The van der Waals surface area contributed by atoms with Crippen LogP contribution in [0.2, 0.25) is 0 Å². The number of anilines is 1. The molecule has 0 aromatic heterocycles. The van der Waals surface area contributed by atoms with Crippen molar-refractivity contribution in [3.05, 3.63) is 29.6 Å². The van der Waals surface area contributed by atoms with Gasteiger partial charge < -0.3 is 5.73 Å². The molecule has 1 rings (SSSR count). The van der Waals surface area contributed by atoms with Crippen LogP contribution in [0.25, 0.3) is 0 Å². The minimum absolute atomic E-state index is 0.233. The highest BCUT2D eigenvalue weighted by molar-refractivity contribution is 5.43. The van der Waals surface area contributed by atoms with Crippen LogP contribution in [0, 0.1) is 5.82 Å². The zero-order valence-electron chi connectivity index (χ0n) is 6.76. The van der Waals surface area contributed by atoms with E-state index in [0.717, 1.165) is 5.56 Å². The Hall–Kier alpha value is -1.05. The van der Waals surface area contributed by atoms with Crippen LogP contribution in [0.15, 0.2) is 18.2 Å². The number of nitrogen functional groups attached to an aromatic ring is 1. The zero-order chi connectivity index (χ0) is 8.43. The molecular formula is C9H12FN. The largest absolute Gasteiger partial charge is 0.396 e. The summed E-state index contributed by atoms with van der Waals surface area (Å²) in [5, 5.41) is 0. The summed E-state index contributed by atoms with van der Waals surface area (Å²) < 4.78 is 12.6. The number of nitrogens with two attached hydrogens (primary N) is 1. The highest BCUT2D eigenvalue weighted by atomic mass is 19.1.